The minimum Gasteiger partial charge on any atom is -0.462 e. The van der Waals surface area contributed by atoms with Gasteiger partial charge in [-0.1, -0.05) is 31.8 Å². The molecule has 0 saturated carbocycles. The van der Waals surface area contributed by atoms with Crippen molar-refractivity contribution in [3.63, 3.8) is 0 Å². The first-order valence-electron chi connectivity index (χ1n) is 5.82. The van der Waals surface area contributed by atoms with Crippen LogP contribution in [0.5, 0.6) is 0 Å². The smallest absolute Gasteiger partial charge is 0.309 e. The average molecular weight is 226 g/mol. The molecule has 1 fully saturated rings. The summed E-state index contributed by atoms with van der Waals surface area (Å²) in [6.07, 6.45) is 8.75. The van der Waals surface area contributed by atoms with Crippen molar-refractivity contribution < 1.29 is 9.53 Å². The summed E-state index contributed by atoms with van der Waals surface area (Å²) in [4.78, 5) is 10.5. The van der Waals surface area contributed by atoms with E-state index in [1.165, 1.54) is 6.04 Å². The van der Waals surface area contributed by atoms with E-state index in [1.54, 1.807) is 0 Å². The predicted octanol–water partition coefficient (Wildman–Crippen LogP) is 3.37. The molecule has 0 aromatic rings. The van der Waals surface area contributed by atoms with Gasteiger partial charge in [0.25, 0.3) is 0 Å². The molecule has 1 atom stereocenters. The summed E-state index contributed by atoms with van der Waals surface area (Å²) in [6.45, 7) is 7.14. The van der Waals surface area contributed by atoms with Gasteiger partial charge in [-0.2, -0.15) is 0 Å². The zero-order valence-electron chi connectivity index (χ0n) is 10.1. The zero-order chi connectivity index (χ0) is 11.3. The van der Waals surface area contributed by atoms with E-state index in [0.717, 1.165) is 19.3 Å². The van der Waals surface area contributed by atoms with E-state index < -0.39 is 8.07 Å². The summed E-state index contributed by atoms with van der Waals surface area (Å²) >= 11 is 0. The van der Waals surface area contributed by atoms with Gasteiger partial charge in [0.1, 0.15) is 6.10 Å². The molecule has 1 aliphatic heterocycles. The van der Waals surface area contributed by atoms with Crippen molar-refractivity contribution in [2.75, 3.05) is 0 Å². The largest absolute Gasteiger partial charge is 0.462 e. The molecule has 1 rings (SSSR count). The van der Waals surface area contributed by atoms with Gasteiger partial charge in [-0.25, -0.2) is 0 Å². The zero-order valence-corrected chi connectivity index (χ0v) is 11.1. The number of hydrogen-bond donors (Lipinski definition) is 0. The van der Waals surface area contributed by atoms with Crippen LogP contribution in [0.15, 0.2) is 12.2 Å². The number of rotatable bonds is 6. The number of hydrogen-bond acceptors (Lipinski definition) is 2. The molecule has 1 heterocycles. The van der Waals surface area contributed by atoms with Crippen LogP contribution >= 0.6 is 0 Å². The lowest BCUT2D eigenvalue weighted by molar-refractivity contribution is -0.169. The molecule has 2 nitrogen and oxygen atoms in total. The highest BCUT2D eigenvalue weighted by atomic mass is 28.3. The number of esters is 1. The molecule has 86 valence electrons. The van der Waals surface area contributed by atoms with Crippen LogP contribution in [0.1, 0.15) is 25.7 Å². The van der Waals surface area contributed by atoms with Crippen LogP contribution in [0.4, 0.5) is 0 Å². The van der Waals surface area contributed by atoms with Crippen molar-refractivity contribution in [1.29, 1.82) is 0 Å². The van der Waals surface area contributed by atoms with E-state index in [4.69, 9.17) is 4.74 Å². The minimum absolute atomic E-state index is 0.0331. The molecule has 15 heavy (non-hydrogen) atoms. The molecule has 1 aliphatic rings. The normalized spacial score (nSPS) is 21.5. The van der Waals surface area contributed by atoms with Gasteiger partial charge in [-0.05, 0) is 25.3 Å². The first-order chi connectivity index (χ1) is 6.97. The van der Waals surface area contributed by atoms with Gasteiger partial charge in [-0.3, -0.25) is 4.79 Å². The molecule has 0 aliphatic carbocycles. The quantitative estimate of drug-likeness (QED) is 0.300. The van der Waals surface area contributed by atoms with Gasteiger partial charge >= 0.3 is 5.97 Å². The summed E-state index contributed by atoms with van der Waals surface area (Å²) in [5.74, 6) is -0.0331. The topological polar surface area (TPSA) is 26.3 Å². The molecule has 0 radical (unpaired) electrons. The highest BCUT2D eigenvalue weighted by Crippen LogP contribution is 2.19. The fourth-order valence-corrected chi connectivity index (χ4v) is 2.42. The SMILES string of the molecule is C[Si](C)(C)C/C=C/CCCC1CC(=O)O1. The number of ether oxygens (including phenoxy) is 1. The van der Waals surface area contributed by atoms with Crippen LogP contribution in [-0.2, 0) is 9.53 Å². The first kappa shape index (κ1) is 12.5. The van der Waals surface area contributed by atoms with Crippen molar-refractivity contribution in [2.45, 2.75) is 57.5 Å². The Morgan fingerprint density at radius 2 is 2.07 bits per heavy atom. The van der Waals surface area contributed by atoms with Crippen LogP contribution in [0.25, 0.3) is 0 Å². The minimum atomic E-state index is -0.900. The van der Waals surface area contributed by atoms with E-state index in [9.17, 15) is 4.79 Å². The third-order valence-corrected chi connectivity index (χ3v) is 3.95. The molecule has 1 unspecified atom stereocenters. The third kappa shape index (κ3) is 5.77. The fraction of sp³-hybridized carbons (Fsp3) is 0.750. The Kier molecular flexibility index (Phi) is 4.58. The summed E-state index contributed by atoms with van der Waals surface area (Å²) in [5, 5.41) is 0. The maximum absolute atomic E-state index is 10.5. The van der Waals surface area contributed by atoms with Gasteiger partial charge in [0.2, 0.25) is 0 Å². The Labute approximate surface area is 93.7 Å². The highest BCUT2D eigenvalue weighted by Gasteiger charge is 2.27. The van der Waals surface area contributed by atoms with Crippen LogP contribution < -0.4 is 0 Å². The van der Waals surface area contributed by atoms with Gasteiger partial charge in [0.15, 0.2) is 0 Å². The molecule has 1 saturated heterocycles. The number of cyclic esters (lactones) is 1. The van der Waals surface area contributed by atoms with Crippen molar-refractivity contribution in [2.24, 2.45) is 0 Å². The molecular formula is C12H22O2Si. The van der Waals surface area contributed by atoms with E-state index in [0.29, 0.717) is 6.42 Å². The van der Waals surface area contributed by atoms with E-state index in [2.05, 4.69) is 31.8 Å². The monoisotopic (exact) mass is 226 g/mol. The van der Waals surface area contributed by atoms with Crippen LogP contribution in [0.2, 0.25) is 25.7 Å². The second-order valence-electron chi connectivity index (χ2n) is 5.48. The van der Waals surface area contributed by atoms with E-state index >= 15 is 0 Å². The van der Waals surface area contributed by atoms with Crippen LogP contribution in [-0.4, -0.2) is 20.1 Å². The summed E-state index contributed by atoms with van der Waals surface area (Å²) in [5.41, 5.74) is 0. The van der Waals surface area contributed by atoms with Crippen LogP contribution in [0, 0.1) is 0 Å². The molecule has 0 aromatic heterocycles. The van der Waals surface area contributed by atoms with Gasteiger partial charge in [-0.15, -0.1) is 0 Å². The highest BCUT2D eigenvalue weighted by molar-refractivity contribution is 6.76. The lowest BCUT2D eigenvalue weighted by Crippen LogP contribution is -2.32. The van der Waals surface area contributed by atoms with Crippen molar-refractivity contribution in [3.8, 4) is 0 Å². The molecule has 0 bridgehead atoms. The maximum Gasteiger partial charge on any atom is 0.309 e. The Hall–Kier alpha value is -0.573. The lowest BCUT2D eigenvalue weighted by Gasteiger charge is -2.24. The summed E-state index contributed by atoms with van der Waals surface area (Å²) in [6, 6.07) is 1.27. The number of carbonyl (C=O) groups excluding carboxylic acids is 1. The van der Waals surface area contributed by atoms with Crippen molar-refractivity contribution >= 4 is 14.0 Å². The van der Waals surface area contributed by atoms with E-state index in [1.807, 2.05) is 0 Å². The third-order valence-electron chi connectivity index (χ3n) is 2.49. The van der Waals surface area contributed by atoms with Crippen molar-refractivity contribution in [1.82, 2.24) is 0 Å². The number of unbranched alkanes of at least 4 members (excludes halogenated alkanes) is 1. The van der Waals surface area contributed by atoms with Crippen molar-refractivity contribution in [3.05, 3.63) is 12.2 Å². The Balaban J connectivity index is 1.95. The number of carbonyl (C=O) groups is 1. The molecule has 0 spiro atoms. The Morgan fingerprint density at radius 1 is 1.40 bits per heavy atom. The van der Waals surface area contributed by atoms with Gasteiger partial charge in [0, 0.05) is 8.07 Å². The molecule has 0 N–H and O–H groups in total. The van der Waals surface area contributed by atoms with E-state index in [-0.39, 0.29) is 12.1 Å². The fourth-order valence-electron chi connectivity index (χ4n) is 1.54. The Bertz CT molecular complexity index is 232. The maximum atomic E-state index is 10.5. The second-order valence-corrected chi connectivity index (χ2v) is 11.0. The second kappa shape index (κ2) is 5.49. The predicted molar refractivity (Wildman–Crippen MR) is 65.6 cm³/mol. The molecular weight excluding hydrogens is 204 g/mol. The summed E-state index contributed by atoms with van der Waals surface area (Å²) in [7, 11) is -0.900. The molecule has 3 heteroatoms. The van der Waals surface area contributed by atoms with Crippen LogP contribution in [0.3, 0.4) is 0 Å². The molecule has 0 amide bonds. The van der Waals surface area contributed by atoms with Gasteiger partial charge < -0.3 is 4.74 Å². The summed E-state index contributed by atoms with van der Waals surface area (Å²) < 4.78 is 4.94. The van der Waals surface area contributed by atoms with Gasteiger partial charge in [0.05, 0.1) is 6.42 Å². The lowest BCUT2D eigenvalue weighted by atomic mass is 10.1. The number of allylic oxidation sites excluding steroid dienone is 2. The standard InChI is InChI=1S/C12H22O2Si/c1-15(2,3)9-7-5-4-6-8-11-10-12(13)14-11/h5,7,11H,4,6,8-10H2,1-3H3/b7-5+. The average Bonchev–Trinajstić information content (AvgIpc) is 2.05. The first-order valence-corrected chi connectivity index (χ1v) is 9.52. The Morgan fingerprint density at radius 3 is 2.60 bits per heavy atom. The molecule has 0 aromatic carbocycles.